The van der Waals surface area contributed by atoms with Crippen molar-refractivity contribution in [1.82, 2.24) is 0 Å². The van der Waals surface area contributed by atoms with Crippen LogP contribution in [0.3, 0.4) is 0 Å². The van der Waals surface area contributed by atoms with Gasteiger partial charge in [-0.3, -0.25) is 9.59 Å². The lowest BCUT2D eigenvalue weighted by molar-refractivity contribution is -0.113. The molecule has 0 aliphatic carbocycles. The molecule has 0 bridgehead atoms. The van der Waals surface area contributed by atoms with Gasteiger partial charge in [0.15, 0.2) is 0 Å². The number of aryl methyl sites for hydroxylation is 1. The summed E-state index contributed by atoms with van der Waals surface area (Å²) in [4.78, 5) is 28.5. The molecular weight excluding hydrogens is 318 g/mol. The van der Waals surface area contributed by atoms with Crippen LogP contribution in [0, 0.1) is 6.92 Å². The van der Waals surface area contributed by atoms with E-state index in [9.17, 15) is 9.59 Å². The van der Waals surface area contributed by atoms with Gasteiger partial charge in [0.2, 0.25) is 0 Å². The van der Waals surface area contributed by atoms with E-state index in [-0.39, 0.29) is 11.1 Å². The average Bonchev–Trinajstić information content (AvgIpc) is 3.03. The number of carbonyl (C=O) groups excluding carboxylic acids is 2. The minimum Gasteiger partial charge on any atom is -0.495 e. The lowest BCUT2D eigenvalue weighted by Gasteiger charge is -2.15. The SMILES string of the molecule is COc1ccccc1N1C(=O)S/C(=C/c2ccc(C)s2)C1=O. The van der Waals surface area contributed by atoms with Gasteiger partial charge in [0, 0.05) is 9.75 Å². The van der Waals surface area contributed by atoms with Gasteiger partial charge in [-0.1, -0.05) is 12.1 Å². The number of hydrogen-bond acceptors (Lipinski definition) is 5. The fraction of sp³-hybridized carbons (Fsp3) is 0.125. The molecule has 1 aromatic carbocycles. The fourth-order valence-corrected chi connectivity index (χ4v) is 3.87. The molecular formula is C16H13NO3S2. The Balaban J connectivity index is 1.97. The highest BCUT2D eigenvalue weighted by atomic mass is 32.2. The zero-order valence-corrected chi connectivity index (χ0v) is 13.7. The molecule has 2 heterocycles. The van der Waals surface area contributed by atoms with Crippen molar-refractivity contribution in [2.45, 2.75) is 6.92 Å². The lowest BCUT2D eigenvalue weighted by atomic mass is 10.2. The fourth-order valence-electron chi connectivity index (χ4n) is 2.15. The first-order chi connectivity index (χ1) is 10.6. The number of amides is 2. The number of benzene rings is 1. The number of nitrogens with zero attached hydrogens (tertiary/aromatic N) is 1. The molecule has 22 heavy (non-hydrogen) atoms. The van der Waals surface area contributed by atoms with Gasteiger partial charge in [-0.2, -0.15) is 0 Å². The summed E-state index contributed by atoms with van der Waals surface area (Å²) in [5.41, 5.74) is 0.471. The topological polar surface area (TPSA) is 46.6 Å². The molecule has 1 aromatic heterocycles. The second-order valence-electron chi connectivity index (χ2n) is 4.64. The Morgan fingerprint density at radius 1 is 1.14 bits per heavy atom. The quantitative estimate of drug-likeness (QED) is 0.787. The van der Waals surface area contributed by atoms with Crippen molar-refractivity contribution in [3.05, 3.63) is 51.1 Å². The predicted molar refractivity (Wildman–Crippen MR) is 90.5 cm³/mol. The predicted octanol–water partition coefficient (Wildman–Crippen LogP) is 4.31. The van der Waals surface area contributed by atoms with Gasteiger partial charge >= 0.3 is 0 Å². The van der Waals surface area contributed by atoms with Gasteiger partial charge in [0.05, 0.1) is 17.7 Å². The summed E-state index contributed by atoms with van der Waals surface area (Å²) >= 11 is 2.54. The maximum atomic E-state index is 12.6. The van der Waals surface area contributed by atoms with Gasteiger partial charge in [-0.05, 0) is 49.0 Å². The monoisotopic (exact) mass is 331 g/mol. The van der Waals surface area contributed by atoms with Crippen molar-refractivity contribution in [3.63, 3.8) is 0 Å². The molecule has 0 unspecified atom stereocenters. The van der Waals surface area contributed by atoms with Crippen LogP contribution in [-0.4, -0.2) is 18.3 Å². The number of carbonyl (C=O) groups is 2. The molecule has 3 rings (SSSR count). The third-order valence-electron chi connectivity index (χ3n) is 3.15. The molecule has 0 N–H and O–H groups in total. The number of thiophene rings is 1. The maximum absolute atomic E-state index is 12.6. The summed E-state index contributed by atoms with van der Waals surface area (Å²) in [6.07, 6.45) is 1.76. The van der Waals surface area contributed by atoms with Crippen LogP contribution < -0.4 is 9.64 Å². The van der Waals surface area contributed by atoms with E-state index in [0.29, 0.717) is 16.3 Å². The number of thioether (sulfide) groups is 1. The number of ether oxygens (including phenoxy) is 1. The highest BCUT2D eigenvalue weighted by Crippen LogP contribution is 2.39. The lowest BCUT2D eigenvalue weighted by Crippen LogP contribution is -2.28. The molecule has 2 aromatic rings. The molecule has 0 spiro atoms. The standard InChI is InChI=1S/C16H13NO3S2/c1-10-7-8-11(21-10)9-14-15(18)17(16(19)22-14)12-5-3-4-6-13(12)20-2/h3-9H,1-2H3/b14-9+. The summed E-state index contributed by atoms with van der Waals surface area (Å²) in [5.74, 6) is 0.184. The Hall–Kier alpha value is -2.05. The van der Waals surface area contributed by atoms with E-state index in [1.165, 1.54) is 7.11 Å². The largest absolute Gasteiger partial charge is 0.495 e. The number of anilines is 1. The Bertz CT molecular complexity index is 779. The van der Waals surface area contributed by atoms with Crippen molar-refractivity contribution in [1.29, 1.82) is 0 Å². The van der Waals surface area contributed by atoms with Crippen molar-refractivity contribution in [2.75, 3.05) is 12.0 Å². The van der Waals surface area contributed by atoms with E-state index in [0.717, 1.165) is 26.4 Å². The second kappa shape index (κ2) is 5.98. The van der Waals surface area contributed by atoms with Crippen molar-refractivity contribution in [2.24, 2.45) is 0 Å². The van der Waals surface area contributed by atoms with E-state index in [1.54, 1.807) is 41.7 Å². The number of imide groups is 1. The molecule has 1 saturated heterocycles. The van der Waals surface area contributed by atoms with E-state index < -0.39 is 0 Å². The van der Waals surface area contributed by atoms with Crippen LogP contribution in [-0.2, 0) is 4.79 Å². The van der Waals surface area contributed by atoms with Gasteiger partial charge in [0.1, 0.15) is 5.75 Å². The van der Waals surface area contributed by atoms with Gasteiger partial charge in [-0.25, -0.2) is 4.90 Å². The van der Waals surface area contributed by atoms with Gasteiger partial charge in [-0.15, -0.1) is 11.3 Å². The number of hydrogen-bond donors (Lipinski definition) is 0. The van der Waals surface area contributed by atoms with E-state index >= 15 is 0 Å². The number of para-hydroxylation sites is 2. The zero-order valence-electron chi connectivity index (χ0n) is 12.0. The summed E-state index contributed by atoms with van der Waals surface area (Å²) in [5, 5.41) is -0.311. The molecule has 6 heteroatoms. The highest BCUT2D eigenvalue weighted by molar-refractivity contribution is 8.19. The van der Waals surface area contributed by atoms with Crippen molar-refractivity contribution < 1.29 is 14.3 Å². The first kappa shape index (κ1) is 14.9. The van der Waals surface area contributed by atoms with Crippen LogP contribution in [0.4, 0.5) is 10.5 Å². The first-order valence-corrected chi connectivity index (χ1v) is 8.21. The van der Waals surface area contributed by atoms with E-state index in [1.807, 2.05) is 19.1 Å². The third kappa shape index (κ3) is 2.67. The summed E-state index contributed by atoms with van der Waals surface area (Å²) in [6, 6.07) is 10.9. The molecule has 1 aliphatic heterocycles. The Labute approximate surface area is 136 Å². The van der Waals surface area contributed by atoms with Crippen molar-refractivity contribution in [3.8, 4) is 5.75 Å². The number of methoxy groups -OCH3 is 1. The molecule has 112 valence electrons. The second-order valence-corrected chi connectivity index (χ2v) is 6.95. The highest BCUT2D eigenvalue weighted by Gasteiger charge is 2.37. The third-order valence-corrected chi connectivity index (χ3v) is 4.97. The van der Waals surface area contributed by atoms with Crippen LogP contribution in [0.25, 0.3) is 6.08 Å². The molecule has 1 aliphatic rings. The molecule has 4 nitrogen and oxygen atoms in total. The van der Waals surface area contributed by atoms with Gasteiger partial charge in [0.25, 0.3) is 11.1 Å². The van der Waals surface area contributed by atoms with Crippen LogP contribution in [0.5, 0.6) is 5.75 Å². The maximum Gasteiger partial charge on any atom is 0.298 e. The van der Waals surface area contributed by atoms with Crippen LogP contribution in [0.15, 0.2) is 41.3 Å². The molecule has 2 amide bonds. The van der Waals surface area contributed by atoms with Crippen LogP contribution >= 0.6 is 23.1 Å². The minimum absolute atomic E-state index is 0.311. The molecule has 0 saturated carbocycles. The Morgan fingerprint density at radius 3 is 2.59 bits per heavy atom. The normalized spacial score (nSPS) is 16.6. The summed E-state index contributed by atoms with van der Waals surface area (Å²) < 4.78 is 5.24. The van der Waals surface area contributed by atoms with Crippen molar-refractivity contribution >= 4 is 46.0 Å². The molecule has 0 radical (unpaired) electrons. The first-order valence-electron chi connectivity index (χ1n) is 6.57. The summed E-state index contributed by atoms with van der Waals surface area (Å²) in [6.45, 7) is 2.00. The van der Waals surface area contributed by atoms with E-state index in [2.05, 4.69) is 0 Å². The minimum atomic E-state index is -0.314. The Morgan fingerprint density at radius 2 is 1.91 bits per heavy atom. The summed E-state index contributed by atoms with van der Waals surface area (Å²) in [7, 11) is 1.52. The van der Waals surface area contributed by atoms with Gasteiger partial charge < -0.3 is 4.74 Å². The smallest absolute Gasteiger partial charge is 0.298 e. The van der Waals surface area contributed by atoms with Crippen LogP contribution in [0.2, 0.25) is 0 Å². The molecule has 0 atom stereocenters. The van der Waals surface area contributed by atoms with E-state index in [4.69, 9.17) is 4.74 Å². The van der Waals surface area contributed by atoms with Crippen LogP contribution in [0.1, 0.15) is 9.75 Å². The molecule has 1 fully saturated rings. The number of rotatable bonds is 3. The zero-order chi connectivity index (χ0) is 15.7. The Kier molecular flexibility index (Phi) is 4.04. The average molecular weight is 331 g/mol.